The second-order valence-corrected chi connectivity index (χ2v) is 6.11. The van der Waals surface area contributed by atoms with Gasteiger partial charge in [0.15, 0.2) is 16.6 Å². The summed E-state index contributed by atoms with van der Waals surface area (Å²) in [6.07, 6.45) is 3.78. The van der Waals surface area contributed by atoms with Crippen molar-refractivity contribution in [3.63, 3.8) is 0 Å². The number of anilines is 2. The number of aromatic nitrogens is 1. The van der Waals surface area contributed by atoms with E-state index in [2.05, 4.69) is 30.0 Å². The highest BCUT2D eigenvalue weighted by atomic mass is 32.1. The topological polar surface area (TPSA) is 51.4 Å². The molecule has 0 saturated carbocycles. The molecule has 0 unspecified atom stereocenters. The van der Waals surface area contributed by atoms with Crippen LogP contribution in [-0.2, 0) is 0 Å². The first-order valence-electron chi connectivity index (χ1n) is 7.15. The third kappa shape index (κ3) is 4.56. The Balaban J connectivity index is 2.89. The van der Waals surface area contributed by atoms with Crippen LogP contribution in [0.2, 0.25) is 0 Å². The zero-order valence-electron chi connectivity index (χ0n) is 12.8. The van der Waals surface area contributed by atoms with Crippen LogP contribution in [0.15, 0.2) is 0 Å². The van der Waals surface area contributed by atoms with Crippen molar-refractivity contribution in [2.45, 2.75) is 66.0 Å². The van der Waals surface area contributed by atoms with Crippen LogP contribution in [0.5, 0.6) is 5.75 Å². The molecule has 2 N–H and O–H groups in total. The van der Waals surface area contributed by atoms with Gasteiger partial charge in [0, 0.05) is 12.6 Å². The summed E-state index contributed by atoms with van der Waals surface area (Å²) in [5.74, 6) is 1.26. The Bertz CT molecular complexity index is 377. The van der Waals surface area contributed by atoms with Gasteiger partial charge >= 0.3 is 0 Å². The van der Waals surface area contributed by atoms with Crippen molar-refractivity contribution in [1.29, 1.82) is 0 Å². The molecular weight excluding hydrogens is 258 g/mol. The Labute approximate surface area is 121 Å². The van der Waals surface area contributed by atoms with Gasteiger partial charge < -0.3 is 15.4 Å². The number of hydrogen-bond acceptors (Lipinski definition) is 5. The summed E-state index contributed by atoms with van der Waals surface area (Å²) < 4.78 is 10.1. The average molecular weight is 285 g/mol. The van der Waals surface area contributed by atoms with Crippen LogP contribution in [-0.4, -0.2) is 23.1 Å². The van der Waals surface area contributed by atoms with E-state index in [1.807, 2.05) is 13.8 Å². The predicted molar refractivity (Wildman–Crippen MR) is 84.3 cm³/mol. The molecule has 0 aliphatic carbocycles. The second kappa shape index (κ2) is 7.58. The molecule has 0 aliphatic heterocycles. The summed E-state index contributed by atoms with van der Waals surface area (Å²) in [6, 6.07) is 0.422. The maximum atomic E-state index is 5.93. The fraction of sp³-hybridized carbons (Fsp3) is 0.786. The minimum absolute atomic E-state index is 0.113. The van der Waals surface area contributed by atoms with Gasteiger partial charge in [-0.1, -0.05) is 19.8 Å². The molecule has 0 radical (unpaired) electrons. The van der Waals surface area contributed by atoms with Gasteiger partial charge in [-0.15, -0.1) is 0 Å². The van der Waals surface area contributed by atoms with E-state index in [1.54, 1.807) is 0 Å². The highest BCUT2D eigenvalue weighted by molar-refractivity contribution is 7.11. The molecule has 0 bridgehead atoms. The van der Waals surface area contributed by atoms with E-state index in [9.17, 15) is 0 Å². The Hall–Kier alpha value is -0.970. The maximum absolute atomic E-state index is 5.93. The first kappa shape index (κ1) is 16.1. The fourth-order valence-corrected chi connectivity index (χ4v) is 2.85. The summed E-state index contributed by atoms with van der Waals surface area (Å²) in [5, 5.41) is 1.07. The predicted octanol–water partition coefficient (Wildman–Crippen LogP) is 3.92. The molecule has 0 saturated heterocycles. The smallest absolute Gasteiger partial charge is 0.198 e. The van der Waals surface area contributed by atoms with Gasteiger partial charge in [-0.25, -0.2) is 0 Å². The van der Waals surface area contributed by atoms with E-state index in [-0.39, 0.29) is 6.10 Å². The van der Waals surface area contributed by atoms with Crippen LogP contribution in [0.25, 0.3) is 0 Å². The molecule has 0 amide bonds. The van der Waals surface area contributed by atoms with E-state index in [0.717, 1.165) is 17.3 Å². The third-order valence-corrected chi connectivity index (χ3v) is 3.78. The largest absolute Gasteiger partial charge is 0.484 e. The number of nitrogen functional groups attached to an aromatic ring is 1. The molecule has 110 valence electrons. The Morgan fingerprint density at radius 3 is 2.47 bits per heavy atom. The van der Waals surface area contributed by atoms with E-state index in [4.69, 9.17) is 10.5 Å². The molecule has 0 spiro atoms. The lowest BCUT2D eigenvalue weighted by atomic mass is 10.2. The lowest BCUT2D eigenvalue weighted by molar-refractivity contribution is 0.244. The molecule has 0 aromatic carbocycles. The van der Waals surface area contributed by atoms with Crippen molar-refractivity contribution in [3.05, 3.63) is 0 Å². The van der Waals surface area contributed by atoms with Crippen molar-refractivity contribution < 1.29 is 4.74 Å². The van der Waals surface area contributed by atoms with E-state index >= 15 is 0 Å². The molecule has 4 nitrogen and oxygen atoms in total. The SMILES string of the molecule is CCCCCN(c1snc(N)c1OC(C)C)C(C)C. The van der Waals surface area contributed by atoms with Crippen LogP contribution in [0.4, 0.5) is 10.8 Å². The molecule has 1 heterocycles. The summed E-state index contributed by atoms with van der Waals surface area (Å²) in [5.41, 5.74) is 5.93. The molecule has 0 atom stereocenters. The molecule has 19 heavy (non-hydrogen) atoms. The lowest BCUT2D eigenvalue weighted by Crippen LogP contribution is -2.31. The van der Waals surface area contributed by atoms with Crippen LogP contribution < -0.4 is 15.4 Å². The Kier molecular flexibility index (Phi) is 6.42. The highest BCUT2D eigenvalue weighted by Crippen LogP contribution is 2.39. The number of unbranched alkanes of at least 4 members (excludes halogenated alkanes) is 2. The van der Waals surface area contributed by atoms with Crippen LogP contribution >= 0.6 is 11.5 Å². The number of nitrogens with two attached hydrogens (primary N) is 1. The zero-order valence-corrected chi connectivity index (χ0v) is 13.6. The van der Waals surface area contributed by atoms with Crippen LogP contribution in [0, 0.1) is 0 Å². The van der Waals surface area contributed by atoms with Gasteiger partial charge in [0.1, 0.15) is 0 Å². The number of ether oxygens (including phenoxy) is 1. The molecule has 1 aromatic rings. The molecule has 0 aliphatic rings. The Morgan fingerprint density at radius 1 is 1.26 bits per heavy atom. The van der Waals surface area contributed by atoms with Crippen molar-refractivity contribution in [2.75, 3.05) is 17.2 Å². The summed E-state index contributed by atoms with van der Waals surface area (Å²) >= 11 is 1.44. The van der Waals surface area contributed by atoms with Gasteiger partial charge in [0.05, 0.1) is 6.10 Å². The van der Waals surface area contributed by atoms with Crippen molar-refractivity contribution >= 4 is 22.4 Å². The second-order valence-electron chi connectivity index (χ2n) is 5.36. The molecule has 5 heteroatoms. The normalized spacial score (nSPS) is 11.3. The van der Waals surface area contributed by atoms with Crippen molar-refractivity contribution in [1.82, 2.24) is 4.37 Å². The number of hydrogen-bond donors (Lipinski definition) is 1. The minimum Gasteiger partial charge on any atom is -0.484 e. The monoisotopic (exact) mass is 285 g/mol. The van der Waals surface area contributed by atoms with E-state index in [1.165, 1.54) is 30.8 Å². The molecule has 0 fully saturated rings. The third-order valence-electron chi connectivity index (χ3n) is 2.90. The van der Waals surface area contributed by atoms with E-state index < -0.39 is 0 Å². The van der Waals surface area contributed by atoms with Gasteiger partial charge in [-0.05, 0) is 45.6 Å². The van der Waals surface area contributed by atoms with Crippen LogP contribution in [0.1, 0.15) is 53.9 Å². The first-order valence-corrected chi connectivity index (χ1v) is 7.93. The van der Waals surface area contributed by atoms with Gasteiger partial charge in [-0.3, -0.25) is 0 Å². The van der Waals surface area contributed by atoms with Gasteiger partial charge in [0.2, 0.25) is 0 Å². The summed E-state index contributed by atoms with van der Waals surface area (Å²) in [6.45, 7) is 11.7. The molecular formula is C14H27N3OS. The Morgan fingerprint density at radius 2 is 1.95 bits per heavy atom. The zero-order chi connectivity index (χ0) is 14.4. The number of rotatable bonds is 8. The van der Waals surface area contributed by atoms with Gasteiger partial charge in [-0.2, -0.15) is 4.37 Å². The molecule has 1 aromatic heterocycles. The molecule has 1 rings (SSSR count). The minimum atomic E-state index is 0.113. The quantitative estimate of drug-likeness (QED) is 0.736. The highest BCUT2D eigenvalue weighted by Gasteiger charge is 2.21. The van der Waals surface area contributed by atoms with Gasteiger partial charge in [0.25, 0.3) is 0 Å². The average Bonchev–Trinajstić information content (AvgIpc) is 2.66. The fourth-order valence-electron chi connectivity index (χ4n) is 1.94. The standard InChI is InChI=1S/C14H27N3OS/c1-6-7-8-9-17(10(2)3)14-12(18-11(4)5)13(15)16-19-14/h10-11H,6-9H2,1-5H3,(H2,15,16). The number of nitrogens with zero attached hydrogens (tertiary/aromatic N) is 2. The summed E-state index contributed by atoms with van der Waals surface area (Å²) in [7, 11) is 0. The first-order chi connectivity index (χ1) is 8.97. The van der Waals surface area contributed by atoms with Crippen LogP contribution in [0.3, 0.4) is 0 Å². The maximum Gasteiger partial charge on any atom is 0.198 e. The van der Waals surface area contributed by atoms with Crippen molar-refractivity contribution in [3.8, 4) is 5.75 Å². The lowest BCUT2D eigenvalue weighted by Gasteiger charge is -2.28. The van der Waals surface area contributed by atoms with E-state index in [0.29, 0.717) is 11.9 Å². The van der Waals surface area contributed by atoms with Crippen molar-refractivity contribution in [2.24, 2.45) is 0 Å². The summed E-state index contributed by atoms with van der Waals surface area (Å²) in [4.78, 5) is 2.35.